The van der Waals surface area contributed by atoms with E-state index >= 15 is 0 Å². The van der Waals surface area contributed by atoms with Crippen molar-refractivity contribution in [1.82, 2.24) is 0 Å². The molecule has 1 heterocycles. The topological polar surface area (TPSA) is 52.6 Å². The van der Waals surface area contributed by atoms with Gasteiger partial charge >= 0.3 is 5.97 Å². The van der Waals surface area contributed by atoms with E-state index in [0.29, 0.717) is 17.1 Å². The number of hydrogen-bond donors (Lipinski definition) is 0. The minimum absolute atomic E-state index is 0.0274. The van der Waals surface area contributed by atoms with E-state index in [2.05, 4.69) is 15.9 Å². The highest BCUT2D eigenvalue weighted by molar-refractivity contribution is 9.10. The molecule has 0 bridgehead atoms. The van der Waals surface area contributed by atoms with Gasteiger partial charge < -0.3 is 9.47 Å². The molecule has 0 saturated heterocycles. The van der Waals surface area contributed by atoms with E-state index in [1.165, 1.54) is 6.42 Å². The maximum Gasteiger partial charge on any atom is 0.314 e. The Hall–Kier alpha value is -2.40. The van der Waals surface area contributed by atoms with Crippen molar-refractivity contribution >= 4 is 33.8 Å². The van der Waals surface area contributed by atoms with Crippen molar-refractivity contribution in [2.45, 2.75) is 32.1 Å². The van der Waals surface area contributed by atoms with Crippen molar-refractivity contribution in [2.24, 2.45) is 5.92 Å². The maximum atomic E-state index is 12.6. The fraction of sp³-hybridized carbons (Fsp3) is 0.273. The van der Waals surface area contributed by atoms with Crippen LogP contribution in [0.3, 0.4) is 0 Å². The summed E-state index contributed by atoms with van der Waals surface area (Å²) in [7, 11) is 0. The summed E-state index contributed by atoms with van der Waals surface area (Å²) in [5, 5.41) is 0. The second-order valence-electron chi connectivity index (χ2n) is 6.88. The summed E-state index contributed by atoms with van der Waals surface area (Å²) < 4.78 is 12.2. The minimum Gasteiger partial charge on any atom is -0.452 e. The predicted molar refractivity (Wildman–Crippen MR) is 106 cm³/mol. The molecule has 2 aliphatic rings. The summed E-state index contributed by atoms with van der Waals surface area (Å²) in [6, 6.07) is 12.5. The van der Waals surface area contributed by atoms with Gasteiger partial charge in [0.15, 0.2) is 5.76 Å². The standard InChI is InChI=1S/C22H19BrO4/c23-18-9-5-4-8-15(18)12-20-21(24)17-11-10-16(13-19(17)27-20)26-22(25)14-6-2-1-3-7-14/h4-5,8-14H,1-3,6-7H2. The first-order valence-electron chi connectivity index (χ1n) is 9.16. The van der Waals surface area contributed by atoms with Gasteiger partial charge in [0.05, 0.1) is 11.5 Å². The number of fused-ring (bicyclic) bond motifs is 1. The molecule has 0 spiro atoms. The van der Waals surface area contributed by atoms with Gasteiger partial charge in [0.1, 0.15) is 11.5 Å². The zero-order valence-electron chi connectivity index (χ0n) is 14.7. The van der Waals surface area contributed by atoms with Crippen molar-refractivity contribution in [2.75, 3.05) is 0 Å². The van der Waals surface area contributed by atoms with Crippen LogP contribution in [0.4, 0.5) is 0 Å². The van der Waals surface area contributed by atoms with Gasteiger partial charge in [-0.15, -0.1) is 0 Å². The number of hydrogen-bond acceptors (Lipinski definition) is 4. The largest absolute Gasteiger partial charge is 0.452 e. The highest BCUT2D eigenvalue weighted by atomic mass is 79.9. The summed E-state index contributed by atoms with van der Waals surface area (Å²) in [5.74, 6) is 0.702. The quantitative estimate of drug-likeness (QED) is 0.366. The highest BCUT2D eigenvalue weighted by Crippen LogP contribution is 2.36. The van der Waals surface area contributed by atoms with Crippen LogP contribution < -0.4 is 9.47 Å². The van der Waals surface area contributed by atoms with Crippen molar-refractivity contribution in [3.05, 3.63) is 63.8 Å². The lowest BCUT2D eigenvalue weighted by Gasteiger charge is -2.19. The molecule has 0 atom stereocenters. The van der Waals surface area contributed by atoms with Crippen LogP contribution in [0, 0.1) is 5.92 Å². The van der Waals surface area contributed by atoms with Crippen LogP contribution in [-0.2, 0) is 4.79 Å². The SMILES string of the molecule is O=C1C(=Cc2ccccc2Br)Oc2cc(OC(=O)C3CCCCC3)ccc21. The molecule has 27 heavy (non-hydrogen) atoms. The van der Waals surface area contributed by atoms with E-state index in [1.54, 1.807) is 24.3 Å². The number of ketones is 1. The second kappa shape index (κ2) is 7.69. The fourth-order valence-electron chi connectivity index (χ4n) is 3.50. The van der Waals surface area contributed by atoms with Gasteiger partial charge in [-0.25, -0.2) is 0 Å². The van der Waals surface area contributed by atoms with E-state index in [-0.39, 0.29) is 23.4 Å². The van der Waals surface area contributed by atoms with E-state index in [4.69, 9.17) is 9.47 Å². The second-order valence-corrected chi connectivity index (χ2v) is 7.73. The number of halogens is 1. The molecule has 2 aromatic rings. The van der Waals surface area contributed by atoms with E-state index in [9.17, 15) is 9.59 Å². The molecule has 1 aliphatic carbocycles. The van der Waals surface area contributed by atoms with Crippen LogP contribution in [0.5, 0.6) is 11.5 Å². The highest BCUT2D eigenvalue weighted by Gasteiger charge is 2.29. The average molecular weight is 427 g/mol. The molecule has 4 rings (SSSR count). The van der Waals surface area contributed by atoms with Gasteiger partial charge in [0.25, 0.3) is 0 Å². The van der Waals surface area contributed by atoms with E-state index in [1.807, 2.05) is 24.3 Å². The molecule has 0 unspecified atom stereocenters. The maximum absolute atomic E-state index is 12.6. The summed E-state index contributed by atoms with van der Waals surface area (Å²) in [6.07, 6.45) is 6.82. The lowest BCUT2D eigenvalue weighted by molar-refractivity contribution is -0.139. The van der Waals surface area contributed by atoms with Gasteiger partial charge in [-0.05, 0) is 42.7 Å². The molecule has 1 saturated carbocycles. The summed E-state index contributed by atoms with van der Waals surface area (Å²) in [4.78, 5) is 24.9. The molecular weight excluding hydrogens is 408 g/mol. The normalized spacial score (nSPS) is 18.3. The third kappa shape index (κ3) is 3.83. The monoisotopic (exact) mass is 426 g/mol. The summed E-state index contributed by atoms with van der Waals surface area (Å²) in [5.41, 5.74) is 1.34. The summed E-state index contributed by atoms with van der Waals surface area (Å²) in [6.45, 7) is 0. The van der Waals surface area contributed by atoms with Gasteiger partial charge in [-0.2, -0.15) is 0 Å². The van der Waals surface area contributed by atoms with Gasteiger partial charge in [0.2, 0.25) is 5.78 Å². The third-order valence-corrected chi connectivity index (χ3v) is 5.71. The molecule has 138 valence electrons. The van der Waals surface area contributed by atoms with Crippen molar-refractivity contribution in [1.29, 1.82) is 0 Å². The predicted octanol–water partition coefficient (Wildman–Crippen LogP) is 5.55. The molecule has 4 nitrogen and oxygen atoms in total. The van der Waals surface area contributed by atoms with Gasteiger partial charge in [0, 0.05) is 10.5 Å². The van der Waals surface area contributed by atoms with Crippen molar-refractivity contribution in [3.8, 4) is 11.5 Å². The zero-order chi connectivity index (χ0) is 18.8. The Balaban J connectivity index is 1.52. The van der Waals surface area contributed by atoms with Crippen LogP contribution >= 0.6 is 15.9 Å². The van der Waals surface area contributed by atoms with Crippen LogP contribution in [0.2, 0.25) is 0 Å². The molecule has 1 aliphatic heterocycles. The Bertz CT molecular complexity index is 926. The lowest BCUT2D eigenvalue weighted by atomic mass is 9.89. The number of Topliss-reactive ketones (excluding diaryl/α,β-unsaturated/α-hetero) is 1. The van der Waals surface area contributed by atoms with Crippen LogP contribution in [-0.4, -0.2) is 11.8 Å². The van der Waals surface area contributed by atoms with Gasteiger partial charge in [-0.1, -0.05) is 53.4 Å². The molecule has 5 heteroatoms. The number of allylic oxidation sites excluding steroid dienone is 1. The molecule has 0 amide bonds. The van der Waals surface area contributed by atoms with Crippen LogP contribution in [0.25, 0.3) is 6.08 Å². The van der Waals surface area contributed by atoms with Crippen molar-refractivity contribution in [3.63, 3.8) is 0 Å². The summed E-state index contributed by atoms with van der Waals surface area (Å²) >= 11 is 3.47. The molecule has 0 N–H and O–H groups in total. The zero-order valence-corrected chi connectivity index (χ0v) is 16.3. The van der Waals surface area contributed by atoms with Crippen molar-refractivity contribution < 1.29 is 19.1 Å². The number of carbonyl (C=O) groups excluding carboxylic acids is 2. The molecule has 0 aromatic heterocycles. The first kappa shape index (κ1) is 18.0. The number of ether oxygens (including phenoxy) is 2. The Kier molecular flexibility index (Phi) is 5.12. The molecule has 1 fully saturated rings. The van der Waals surface area contributed by atoms with E-state index < -0.39 is 0 Å². The van der Waals surface area contributed by atoms with Gasteiger partial charge in [-0.3, -0.25) is 9.59 Å². The Labute approximate surface area is 166 Å². The average Bonchev–Trinajstić information content (AvgIpc) is 2.99. The lowest BCUT2D eigenvalue weighted by Crippen LogP contribution is -2.22. The first-order valence-corrected chi connectivity index (χ1v) is 9.95. The number of esters is 1. The number of benzene rings is 2. The molecule has 2 aromatic carbocycles. The minimum atomic E-state index is -0.192. The Morgan fingerprint density at radius 1 is 1.11 bits per heavy atom. The fourth-order valence-corrected chi connectivity index (χ4v) is 3.90. The Morgan fingerprint density at radius 2 is 1.89 bits per heavy atom. The van der Waals surface area contributed by atoms with Crippen LogP contribution in [0.1, 0.15) is 48.0 Å². The smallest absolute Gasteiger partial charge is 0.314 e. The first-order chi connectivity index (χ1) is 13.1. The number of rotatable bonds is 3. The third-order valence-electron chi connectivity index (χ3n) is 4.99. The molecule has 0 radical (unpaired) electrons. The van der Waals surface area contributed by atoms with Crippen LogP contribution in [0.15, 0.2) is 52.7 Å². The molecular formula is C22H19BrO4. The number of carbonyl (C=O) groups is 2. The Morgan fingerprint density at radius 3 is 2.67 bits per heavy atom. The van der Waals surface area contributed by atoms with E-state index in [0.717, 1.165) is 35.7 Å².